The Kier molecular flexibility index (Phi) is 5.17. The zero-order chi connectivity index (χ0) is 20.1. The maximum atomic E-state index is 12.9. The average Bonchev–Trinajstić information content (AvgIpc) is 3.15. The molecule has 0 unspecified atom stereocenters. The molecule has 0 aliphatic carbocycles. The van der Waals surface area contributed by atoms with E-state index in [-0.39, 0.29) is 5.91 Å². The molecule has 0 aliphatic rings. The van der Waals surface area contributed by atoms with Crippen LogP contribution >= 0.6 is 0 Å². The van der Waals surface area contributed by atoms with Crippen LogP contribution in [0.15, 0.2) is 83.5 Å². The summed E-state index contributed by atoms with van der Waals surface area (Å²) >= 11 is 0. The maximum Gasteiger partial charge on any atom is 0.261 e. The van der Waals surface area contributed by atoms with Crippen LogP contribution in [0.25, 0.3) is 11.3 Å². The van der Waals surface area contributed by atoms with Gasteiger partial charge in [0.25, 0.3) is 5.91 Å². The SMILES string of the molecule is Cc1onc(-c2ccccc2)c1C(=O)Nc1cccc(C#Cc2ccccn2)c1. The van der Waals surface area contributed by atoms with Gasteiger partial charge in [-0.3, -0.25) is 4.79 Å². The number of hydrogen-bond donors (Lipinski definition) is 1. The molecule has 0 saturated heterocycles. The zero-order valence-electron chi connectivity index (χ0n) is 15.7. The standard InChI is InChI=1S/C24H17N3O2/c1-17-22(23(27-29-17)19-9-3-2-4-10-19)24(28)26-21-12-7-8-18(16-21)13-14-20-11-5-6-15-25-20/h2-12,15-16H,1H3,(H,26,28). The average molecular weight is 379 g/mol. The fourth-order valence-corrected chi connectivity index (χ4v) is 2.87. The quantitative estimate of drug-likeness (QED) is 0.524. The van der Waals surface area contributed by atoms with Gasteiger partial charge in [0.1, 0.15) is 22.7 Å². The molecule has 0 radical (unpaired) electrons. The summed E-state index contributed by atoms with van der Waals surface area (Å²) < 4.78 is 5.28. The van der Waals surface area contributed by atoms with Crippen molar-refractivity contribution in [3.63, 3.8) is 0 Å². The second kappa shape index (κ2) is 8.24. The Labute approximate surface area is 168 Å². The zero-order valence-corrected chi connectivity index (χ0v) is 15.7. The van der Waals surface area contributed by atoms with Crippen molar-refractivity contribution in [2.45, 2.75) is 6.92 Å². The molecule has 0 atom stereocenters. The van der Waals surface area contributed by atoms with Crippen LogP contribution in [-0.2, 0) is 0 Å². The summed E-state index contributed by atoms with van der Waals surface area (Å²) in [6.07, 6.45) is 1.70. The molecule has 140 valence electrons. The molecule has 2 heterocycles. The van der Waals surface area contributed by atoms with Crippen molar-refractivity contribution in [1.29, 1.82) is 0 Å². The minimum absolute atomic E-state index is 0.280. The van der Waals surface area contributed by atoms with Gasteiger partial charge in [0.2, 0.25) is 0 Å². The topological polar surface area (TPSA) is 68.0 Å². The normalized spacial score (nSPS) is 10.1. The molecular formula is C24H17N3O2. The van der Waals surface area contributed by atoms with Crippen molar-refractivity contribution >= 4 is 11.6 Å². The Balaban J connectivity index is 1.58. The van der Waals surface area contributed by atoms with Gasteiger partial charge in [-0.25, -0.2) is 4.98 Å². The minimum atomic E-state index is -0.280. The number of carbonyl (C=O) groups excluding carboxylic acids is 1. The fourth-order valence-electron chi connectivity index (χ4n) is 2.87. The summed E-state index contributed by atoms with van der Waals surface area (Å²) in [5.41, 5.74) is 3.87. The summed E-state index contributed by atoms with van der Waals surface area (Å²) in [5.74, 6) is 6.26. The number of benzene rings is 2. The molecular weight excluding hydrogens is 362 g/mol. The van der Waals surface area contributed by atoms with Crippen molar-refractivity contribution in [3.8, 4) is 23.1 Å². The predicted molar refractivity (Wildman–Crippen MR) is 111 cm³/mol. The molecule has 5 nitrogen and oxygen atoms in total. The van der Waals surface area contributed by atoms with Gasteiger partial charge in [0, 0.05) is 23.0 Å². The van der Waals surface area contributed by atoms with Crippen LogP contribution in [0.2, 0.25) is 0 Å². The Morgan fingerprint density at radius 3 is 2.59 bits per heavy atom. The van der Waals surface area contributed by atoms with Crippen LogP contribution < -0.4 is 5.32 Å². The highest BCUT2D eigenvalue weighted by atomic mass is 16.5. The third kappa shape index (κ3) is 4.23. The third-order valence-corrected chi connectivity index (χ3v) is 4.26. The Morgan fingerprint density at radius 2 is 1.79 bits per heavy atom. The van der Waals surface area contributed by atoms with Crippen LogP contribution in [0.3, 0.4) is 0 Å². The van der Waals surface area contributed by atoms with E-state index < -0.39 is 0 Å². The number of nitrogens with one attached hydrogen (secondary N) is 1. The van der Waals surface area contributed by atoms with E-state index in [4.69, 9.17) is 4.52 Å². The number of carbonyl (C=O) groups is 1. The Morgan fingerprint density at radius 1 is 0.966 bits per heavy atom. The first-order chi connectivity index (χ1) is 14.2. The summed E-state index contributed by atoms with van der Waals surface area (Å²) in [6.45, 7) is 1.73. The van der Waals surface area contributed by atoms with Crippen molar-refractivity contribution in [3.05, 3.63) is 102 Å². The number of anilines is 1. The maximum absolute atomic E-state index is 12.9. The van der Waals surface area contributed by atoms with E-state index in [0.29, 0.717) is 28.4 Å². The highest BCUT2D eigenvalue weighted by Gasteiger charge is 2.21. The lowest BCUT2D eigenvalue weighted by Crippen LogP contribution is -2.13. The molecule has 0 fully saturated rings. The van der Waals surface area contributed by atoms with Gasteiger partial charge in [-0.05, 0) is 43.2 Å². The van der Waals surface area contributed by atoms with E-state index >= 15 is 0 Å². The number of nitrogens with zero attached hydrogens (tertiary/aromatic N) is 2. The van der Waals surface area contributed by atoms with E-state index in [1.54, 1.807) is 13.1 Å². The summed E-state index contributed by atoms with van der Waals surface area (Å²) in [6, 6.07) is 22.4. The lowest BCUT2D eigenvalue weighted by atomic mass is 10.1. The van der Waals surface area contributed by atoms with Gasteiger partial charge in [-0.1, -0.05) is 53.5 Å². The second-order valence-electron chi connectivity index (χ2n) is 6.33. The summed E-state index contributed by atoms with van der Waals surface area (Å²) in [5, 5.41) is 6.98. The Hall–Kier alpha value is -4.17. The van der Waals surface area contributed by atoms with Crippen LogP contribution in [0.5, 0.6) is 0 Å². The molecule has 4 aromatic rings. The van der Waals surface area contributed by atoms with E-state index in [0.717, 1.165) is 11.1 Å². The van der Waals surface area contributed by atoms with Crippen molar-refractivity contribution in [1.82, 2.24) is 10.1 Å². The molecule has 0 aliphatic heterocycles. The minimum Gasteiger partial charge on any atom is -0.360 e. The highest BCUT2D eigenvalue weighted by Crippen LogP contribution is 2.26. The monoisotopic (exact) mass is 379 g/mol. The van der Waals surface area contributed by atoms with Crippen molar-refractivity contribution < 1.29 is 9.32 Å². The number of rotatable bonds is 3. The molecule has 1 amide bonds. The largest absolute Gasteiger partial charge is 0.360 e. The van der Waals surface area contributed by atoms with Crippen molar-refractivity contribution in [2.75, 3.05) is 5.32 Å². The molecule has 0 saturated carbocycles. The molecule has 5 heteroatoms. The Bertz CT molecular complexity index is 1200. The molecule has 29 heavy (non-hydrogen) atoms. The number of pyridine rings is 1. The van der Waals surface area contributed by atoms with Gasteiger partial charge in [0.05, 0.1) is 0 Å². The first-order valence-electron chi connectivity index (χ1n) is 9.07. The van der Waals surface area contributed by atoms with Crippen LogP contribution in [-0.4, -0.2) is 16.0 Å². The predicted octanol–water partition coefficient (Wildman–Crippen LogP) is 4.70. The van der Waals surface area contributed by atoms with Crippen LogP contribution in [0.1, 0.15) is 27.4 Å². The molecule has 0 bridgehead atoms. The van der Waals surface area contributed by atoms with E-state index in [1.165, 1.54) is 0 Å². The lowest BCUT2D eigenvalue weighted by molar-refractivity contribution is 0.102. The van der Waals surface area contributed by atoms with Gasteiger partial charge in [0.15, 0.2) is 0 Å². The van der Waals surface area contributed by atoms with Gasteiger partial charge >= 0.3 is 0 Å². The van der Waals surface area contributed by atoms with Crippen LogP contribution in [0, 0.1) is 18.8 Å². The molecule has 0 spiro atoms. The molecule has 4 rings (SSSR count). The first kappa shape index (κ1) is 18.2. The van der Waals surface area contributed by atoms with Gasteiger partial charge in [-0.2, -0.15) is 0 Å². The number of amides is 1. The first-order valence-corrected chi connectivity index (χ1v) is 9.07. The highest BCUT2D eigenvalue weighted by molar-refractivity contribution is 6.08. The fraction of sp³-hybridized carbons (Fsp3) is 0.0417. The number of aryl methyl sites for hydroxylation is 1. The third-order valence-electron chi connectivity index (χ3n) is 4.26. The second-order valence-corrected chi connectivity index (χ2v) is 6.33. The number of aromatic nitrogens is 2. The smallest absolute Gasteiger partial charge is 0.261 e. The lowest BCUT2D eigenvalue weighted by Gasteiger charge is -2.06. The molecule has 2 aromatic heterocycles. The summed E-state index contributed by atoms with van der Waals surface area (Å²) in [4.78, 5) is 17.1. The van der Waals surface area contributed by atoms with Crippen molar-refractivity contribution in [2.24, 2.45) is 0 Å². The van der Waals surface area contributed by atoms with Gasteiger partial charge < -0.3 is 9.84 Å². The van der Waals surface area contributed by atoms with E-state index in [2.05, 4.69) is 27.3 Å². The molecule has 1 N–H and O–H groups in total. The number of hydrogen-bond acceptors (Lipinski definition) is 4. The van der Waals surface area contributed by atoms with E-state index in [9.17, 15) is 4.79 Å². The van der Waals surface area contributed by atoms with E-state index in [1.807, 2.05) is 72.8 Å². The van der Waals surface area contributed by atoms with Gasteiger partial charge in [-0.15, -0.1) is 0 Å². The molecule has 2 aromatic carbocycles. The summed E-state index contributed by atoms with van der Waals surface area (Å²) in [7, 11) is 0. The van der Waals surface area contributed by atoms with Crippen LogP contribution in [0.4, 0.5) is 5.69 Å².